The van der Waals surface area contributed by atoms with Crippen LogP contribution in [0.4, 0.5) is 4.39 Å². The second kappa shape index (κ2) is 5.36. The fourth-order valence-corrected chi connectivity index (χ4v) is 1.70. The van der Waals surface area contributed by atoms with Crippen LogP contribution in [0.1, 0.15) is 25.2 Å². The molecule has 0 aliphatic carbocycles. The van der Waals surface area contributed by atoms with Gasteiger partial charge in [0.25, 0.3) is 0 Å². The Balaban J connectivity index is 2.17. The fraction of sp³-hybridized carbons (Fsp3) is 0.385. The summed E-state index contributed by atoms with van der Waals surface area (Å²) in [6.45, 7) is 3.39. The highest BCUT2D eigenvalue weighted by atomic mass is 19.1. The molecule has 0 radical (unpaired) electrons. The van der Waals surface area contributed by atoms with E-state index in [0.29, 0.717) is 12.2 Å². The van der Waals surface area contributed by atoms with E-state index in [1.54, 1.807) is 26.0 Å². The second-order valence-electron chi connectivity index (χ2n) is 5.25. The average Bonchev–Trinajstić information content (AvgIpc) is 2.79. The summed E-state index contributed by atoms with van der Waals surface area (Å²) >= 11 is 0. The Morgan fingerprint density at radius 2 is 2.00 bits per heavy atom. The molecule has 0 saturated heterocycles. The van der Waals surface area contributed by atoms with E-state index in [-0.39, 0.29) is 12.4 Å². The third kappa shape index (κ3) is 3.17. The molecular formula is C13H15FN4O2. The highest BCUT2D eigenvalue weighted by Gasteiger charge is 2.29. The zero-order valence-electron chi connectivity index (χ0n) is 11.2. The van der Waals surface area contributed by atoms with Crippen molar-refractivity contribution in [2.24, 2.45) is 5.41 Å². The van der Waals surface area contributed by atoms with Gasteiger partial charge in [-0.1, -0.05) is 12.1 Å². The van der Waals surface area contributed by atoms with E-state index >= 15 is 0 Å². The smallest absolute Gasteiger partial charge is 0.310 e. The van der Waals surface area contributed by atoms with Crippen molar-refractivity contribution in [1.29, 1.82) is 0 Å². The summed E-state index contributed by atoms with van der Waals surface area (Å²) in [6.07, 6.45) is 0.420. The van der Waals surface area contributed by atoms with Crippen LogP contribution in [0, 0.1) is 11.2 Å². The quantitative estimate of drug-likeness (QED) is 0.896. The summed E-state index contributed by atoms with van der Waals surface area (Å²) < 4.78 is 14.3. The van der Waals surface area contributed by atoms with Crippen molar-refractivity contribution in [2.45, 2.75) is 26.8 Å². The van der Waals surface area contributed by atoms with Crippen LogP contribution < -0.4 is 0 Å². The first-order valence-electron chi connectivity index (χ1n) is 6.11. The molecule has 0 aliphatic rings. The summed E-state index contributed by atoms with van der Waals surface area (Å²) in [7, 11) is 0. The zero-order chi connectivity index (χ0) is 14.8. The van der Waals surface area contributed by atoms with Gasteiger partial charge in [0.15, 0.2) is 5.82 Å². The maximum absolute atomic E-state index is 12.8. The molecule has 0 atom stereocenters. The molecule has 1 heterocycles. The van der Waals surface area contributed by atoms with Crippen LogP contribution in [0.5, 0.6) is 0 Å². The van der Waals surface area contributed by atoms with Gasteiger partial charge < -0.3 is 5.11 Å². The third-order valence-electron chi connectivity index (χ3n) is 3.01. The maximum Gasteiger partial charge on any atom is 0.310 e. The van der Waals surface area contributed by atoms with Gasteiger partial charge in [0.05, 0.1) is 12.0 Å². The van der Waals surface area contributed by atoms with Crippen molar-refractivity contribution >= 4 is 5.97 Å². The lowest BCUT2D eigenvalue weighted by molar-refractivity contribution is -0.147. The van der Waals surface area contributed by atoms with Gasteiger partial charge in [0, 0.05) is 6.42 Å². The number of carboxylic acid groups (broad SMARTS) is 1. The number of rotatable bonds is 5. The van der Waals surface area contributed by atoms with Gasteiger partial charge in [-0.05, 0) is 42.0 Å². The maximum atomic E-state index is 12.8. The van der Waals surface area contributed by atoms with Gasteiger partial charge in [0.1, 0.15) is 5.82 Å². The number of aliphatic carboxylic acids is 1. The zero-order valence-corrected chi connectivity index (χ0v) is 11.2. The van der Waals surface area contributed by atoms with E-state index in [4.69, 9.17) is 5.11 Å². The molecule has 2 rings (SSSR count). The first-order chi connectivity index (χ1) is 9.38. The minimum Gasteiger partial charge on any atom is -0.481 e. The summed E-state index contributed by atoms with van der Waals surface area (Å²) in [5.41, 5.74) is -0.108. The lowest BCUT2D eigenvalue weighted by Gasteiger charge is -2.19. The van der Waals surface area contributed by atoms with Crippen molar-refractivity contribution in [2.75, 3.05) is 0 Å². The number of aromatic nitrogens is 4. The number of benzene rings is 1. The number of hydrogen-bond acceptors (Lipinski definition) is 4. The Kier molecular flexibility index (Phi) is 3.78. The van der Waals surface area contributed by atoms with Gasteiger partial charge in [-0.3, -0.25) is 4.79 Å². The standard InChI is InChI=1S/C13H15FN4O2/c1-13(2,12(19)20)8-18-11(15-16-17-18)7-9-3-5-10(14)6-4-9/h3-6H,7-8H2,1-2H3,(H,19,20). The molecule has 20 heavy (non-hydrogen) atoms. The fourth-order valence-electron chi connectivity index (χ4n) is 1.70. The van der Waals surface area contributed by atoms with E-state index in [2.05, 4.69) is 15.5 Å². The number of carbonyl (C=O) groups is 1. The van der Waals surface area contributed by atoms with E-state index in [9.17, 15) is 9.18 Å². The van der Waals surface area contributed by atoms with Crippen LogP contribution >= 0.6 is 0 Å². The largest absolute Gasteiger partial charge is 0.481 e. The summed E-state index contributed by atoms with van der Waals surface area (Å²) in [6, 6.07) is 6.03. The predicted molar refractivity (Wildman–Crippen MR) is 68.4 cm³/mol. The van der Waals surface area contributed by atoms with Crippen LogP contribution in [0.2, 0.25) is 0 Å². The monoisotopic (exact) mass is 278 g/mol. The van der Waals surface area contributed by atoms with Crippen LogP contribution in [0.25, 0.3) is 0 Å². The van der Waals surface area contributed by atoms with Crippen LogP contribution in [0.15, 0.2) is 24.3 Å². The highest BCUT2D eigenvalue weighted by molar-refractivity contribution is 5.73. The normalized spacial score (nSPS) is 11.6. The number of carboxylic acids is 1. The lowest BCUT2D eigenvalue weighted by Crippen LogP contribution is -2.30. The lowest BCUT2D eigenvalue weighted by atomic mass is 9.94. The molecule has 2 aromatic rings. The topological polar surface area (TPSA) is 80.9 Å². The SMILES string of the molecule is CC(C)(Cn1nnnc1Cc1ccc(F)cc1)C(=O)O. The molecule has 106 valence electrons. The van der Waals surface area contributed by atoms with Crippen LogP contribution in [-0.4, -0.2) is 31.3 Å². The van der Waals surface area contributed by atoms with Gasteiger partial charge >= 0.3 is 5.97 Å². The molecule has 0 spiro atoms. The summed E-state index contributed by atoms with van der Waals surface area (Å²) in [4.78, 5) is 11.1. The Bertz CT molecular complexity index is 607. The van der Waals surface area contributed by atoms with Crippen molar-refractivity contribution < 1.29 is 14.3 Å². The molecule has 7 heteroatoms. The Labute approximate surface area is 115 Å². The molecule has 6 nitrogen and oxygen atoms in total. The Morgan fingerprint density at radius 3 is 2.60 bits per heavy atom. The Morgan fingerprint density at radius 1 is 1.35 bits per heavy atom. The summed E-state index contributed by atoms with van der Waals surface area (Å²) in [5.74, 6) is -0.674. The van der Waals surface area contributed by atoms with Gasteiger partial charge in [-0.15, -0.1) is 5.10 Å². The first-order valence-corrected chi connectivity index (χ1v) is 6.11. The Hall–Kier alpha value is -2.31. The number of nitrogens with zero attached hydrogens (tertiary/aromatic N) is 4. The minimum absolute atomic E-state index is 0.172. The molecule has 0 amide bonds. The highest BCUT2D eigenvalue weighted by Crippen LogP contribution is 2.19. The molecule has 0 aliphatic heterocycles. The van der Waals surface area contributed by atoms with Crippen molar-refractivity contribution in [3.8, 4) is 0 Å². The molecule has 1 N–H and O–H groups in total. The van der Waals surface area contributed by atoms with Gasteiger partial charge in [-0.25, -0.2) is 9.07 Å². The van der Waals surface area contributed by atoms with Crippen molar-refractivity contribution in [3.05, 3.63) is 41.5 Å². The van der Waals surface area contributed by atoms with E-state index in [0.717, 1.165) is 5.56 Å². The van der Waals surface area contributed by atoms with E-state index in [1.807, 2.05) is 0 Å². The molecule has 0 bridgehead atoms. The van der Waals surface area contributed by atoms with Crippen molar-refractivity contribution in [3.63, 3.8) is 0 Å². The van der Waals surface area contributed by atoms with E-state index < -0.39 is 11.4 Å². The molecule has 0 unspecified atom stereocenters. The van der Waals surface area contributed by atoms with Crippen LogP contribution in [-0.2, 0) is 17.8 Å². The molecular weight excluding hydrogens is 263 g/mol. The number of halogens is 1. The molecule has 0 saturated carbocycles. The van der Waals surface area contributed by atoms with Gasteiger partial charge in [-0.2, -0.15) is 0 Å². The van der Waals surface area contributed by atoms with Crippen molar-refractivity contribution in [1.82, 2.24) is 20.2 Å². The average molecular weight is 278 g/mol. The second-order valence-corrected chi connectivity index (χ2v) is 5.25. The third-order valence-corrected chi connectivity index (χ3v) is 3.01. The van der Waals surface area contributed by atoms with E-state index in [1.165, 1.54) is 16.8 Å². The van der Waals surface area contributed by atoms with Gasteiger partial charge in [0.2, 0.25) is 0 Å². The number of hydrogen-bond donors (Lipinski definition) is 1. The first kappa shape index (κ1) is 14.1. The predicted octanol–water partition coefficient (Wildman–Crippen LogP) is 1.51. The molecule has 0 fully saturated rings. The number of tetrazole rings is 1. The summed E-state index contributed by atoms with van der Waals surface area (Å²) in [5, 5.41) is 20.4. The molecule has 1 aromatic carbocycles. The molecule has 1 aromatic heterocycles. The van der Waals surface area contributed by atoms with Crippen LogP contribution in [0.3, 0.4) is 0 Å². The minimum atomic E-state index is -0.965.